The van der Waals surface area contributed by atoms with Gasteiger partial charge in [-0.25, -0.2) is 9.97 Å². The molecule has 2 heterocycles. The molecule has 1 aromatic heterocycles. The van der Waals surface area contributed by atoms with Crippen LogP contribution < -0.4 is 0 Å². The number of epoxide rings is 1. The summed E-state index contributed by atoms with van der Waals surface area (Å²) in [5, 5.41) is 0. The van der Waals surface area contributed by atoms with Crippen LogP contribution in [0.15, 0.2) is 16.9 Å². The predicted molar refractivity (Wildman–Crippen MR) is 38.4 cm³/mol. The average molecular weight is 201 g/mol. The minimum absolute atomic E-state index is 0.160. The maximum absolute atomic E-state index is 4.99. The summed E-state index contributed by atoms with van der Waals surface area (Å²) in [6.45, 7) is 0.766. The first-order valence-electron chi connectivity index (χ1n) is 2.95. The Bertz CT molecular complexity index is 232. The van der Waals surface area contributed by atoms with E-state index in [0.717, 1.165) is 16.9 Å². The fourth-order valence-corrected chi connectivity index (χ4v) is 0.890. The molecule has 0 radical (unpaired) electrons. The first-order valence-corrected chi connectivity index (χ1v) is 3.74. The number of nitrogens with zero attached hydrogens (tertiary/aromatic N) is 2. The van der Waals surface area contributed by atoms with Crippen molar-refractivity contribution in [2.45, 2.75) is 6.10 Å². The Hall–Kier alpha value is -0.480. The second-order valence-electron chi connectivity index (χ2n) is 2.08. The van der Waals surface area contributed by atoms with Crippen LogP contribution in [0.2, 0.25) is 0 Å². The second-order valence-corrected chi connectivity index (χ2v) is 3.00. The Morgan fingerprint density at radius 2 is 2.10 bits per heavy atom. The fourth-order valence-electron chi connectivity index (χ4n) is 0.686. The zero-order valence-corrected chi connectivity index (χ0v) is 6.71. The fraction of sp³-hybridized carbons (Fsp3) is 0.333. The molecular formula is C6H5BrN2O. The van der Waals surface area contributed by atoms with Crippen LogP contribution in [0.4, 0.5) is 0 Å². The topological polar surface area (TPSA) is 38.3 Å². The first-order chi connectivity index (χ1) is 4.86. The number of rotatable bonds is 1. The molecule has 1 fully saturated rings. The molecule has 3 nitrogen and oxygen atoms in total. The van der Waals surface area contributed by atoms with E-state index < -0.39 is 0 Å². The summed E-state index contributed by atoms with van der Waals surface area (Å²) in [5.41, 5.74) is 0. The van der Waals surface area contributed by atoms with Gasteiger partial charge in [-0.1, -0.05) is 0 Å². The van der Waals surface area contributed by atoms with Crippen molar-refractivity contribution in [2.75, 3.05) is 6.61 Å². The van der Waals surface area contributed by atoms with Crippen molar-refractivity contribution in [3.8, 4) is 0 Å². The summed E-state index contributed by atoms with van der Waals surface area (Å²) in [4.78, 5) is 8.11. The summed E-state index contributed by atoms with van der Waals surface area (Å²) in [6, 6.07) is 0. The van der Waals surface area contributed by atoms with Gasteiger partial charge < -0.3 is 4.74 Å². The van der Waals surface area contributed by atoms with Crippen molar-refractivity contribution in [1.82, 2.24) is 9.97 Å². The van der Waals surface area contributed by atoms with Crippen molar-refractivity contribution in [1.29, 1.82) is 0 Å². The third kappa shape index (κ3) is 1.17. The van der Waals surface area contributed by atoms with Gasteiger partial charge in [0.25, 0.3) is 0 Å². The van der Waals surface area contributed by atoms with Crippen LogP contribution in [-0.4, -0.2) is 16.6 Å². The molecule has 1 atom stereocenters. The van der Waals surface area contributed by atoms with Crippen molar-refractivity contribution >= 4 is 15.9 Å². The summed E-state index contributed by atoms with van der Waals surface area (Å²) in [5.74, 6) is 0.781. The largest absolute Gasteiger partial charge is 0.365 e. The van der Waals surface area contributed by atoms with Gasteiger partial charge in [0.2, 0.25) is 0 Å². The number of halogens is 1. The zero-order valence-electron chi connectivity index (χ0n) is 5.12. The number of aromatic nitrogens is 2. The smallest absolute Gasteiger partial charge is 0.159 e. The molecule has 2 rings (SSSR count). The normalized spacial score (nSPS) is 22.7. The van der Waals surface area contributed by atoms with E-state index in [2.05, 4.69) is 25.9 Å². The standard InChI is InChI=1S/C6H5BrN2O/c7-4-1-8-6(9-2-4)5-3-10-5/h1-2,5H,3H2/t5-/m0/s1. The van der Waals surface area contributed by atoms with Crippen LogP contribution in [0.5, 0.6) is 0 Å². The maximum atomic E-state index is 4.99. The molecule has 0 saturated carbocycles. The third-order valence-electron chi connectivity index (χ3n) is 1.26. The quantitative estimate of drug-likeness (QED) is 0.643. The lowest BCUT2D eigenvalue weighted by molar-refractivity contribution is 0.406. The summed E-state index contributed by atoms with van der Waals surface area (Å²) < 4.78 is 5.89. The number of hydrogen-bond acceptors (Lipinski definition) is 3. The third-order valence-corrected chi connectivity index (χ3v) is 1.67. The molecule has 0 aromatic carbocycles. The Balaban J connectivity index is 2.28. The molecule has 1 saturated heterocycles. The Labute approximate surface area is 66.6 Å². The molecule has 0 unspecified atom stereocenters. The lowest BCUT2D eigenvalue weighted by Gasteiger charge is -1.91. The molecule has 0 aliphatic carbocycles. The first kappa shape index (κ1) is 6.24. The SMILES string of the molecule is Brc1cnc([C@@H]2CO2)nc1. The summed E-state index contributed by atoms with van der Waals surface area (Å²) >= 11 is 3.25. The van der Waals surface area contributed by atoms with E-state index in [1.165, 1.54) is 0 Å². The van der Waals surface area contributed by atoms with E-state index in [9.17, 15) is 0 Å². The number of hydrogen-bond donors (Lipinski definition) is 0. The van der Waals surface area contributed by atoms with Crippen molar-refractivity contribution < 1.29 is 4.74 Å². The monoisotopic (exact) mass is 200 g/mol. The predicted octanol–water partition coefficient (Wildman–Crippen LogP) is 1.31. The highest BCUT2D eigenvalue weighted by molar-refractivity contribution is 9.10. The maximum Gasteiger partial charge on any atom is 0.159 e. The van der Waals surface area contributed by atoms with Gasteiger partial charge in [0, 0.05) is 12.4 Å². The molecule has 1 aliphatic heterocycles. The number of ether oxygens (including phenoxy) is 1. The molecule has 0 N–H and O–H groups in total. The van der Waals surface area contributed by atoms with Crippen LogP contribution in [-0.2, 0) is 4.74 Å². The molecular weight excluding hydrogens is 196 g/mol. The van der Waals surface area contributed by atoms with Gasteiger partial charge in [-0.3, -0.25) is 0 Å². The molecule has 1 aliphatic rings. The highest BCUT2D eigenvalue weighted by atomic mass is 79.9. The average Bonchev–Trinajstić information content (AvgIpc) is 2.71. The molecule has 10 heavy (non-hydrogen) atoms. The van der Waals surface area contributed by atoms with Gasteiger partial charge in [0.05, 0.1) is 11.1 Å². The molecule has 52 valence electrons. The second kappa shape index (κ2) is 2.29. The van der Waals surface area contributed by atoms with E-state index in [0.29, 0.717) is 0 Å². The van der Waals surface area contributed by atoms with Crippen LogP contribution in [0.3, 0.4) is 0 Å². The van der Waals surface area contributed by atoms with Gasteiger partial charge in [-0.05, 0) is 15.9 Å². The van der Waals surface area contributed by atoms with E-state index >= 15 is 0 Å². The lowest BCUT2D eigenvalue weighted by Crippen LogP contribution is -1.90. The Kier molecular flexibility index (Phi) is 1.43. The van der Waals surface area contributed by atoms with Crippen molar-refractivity contribution in [3.63, 3.8) is 0 Å². The highest BCUT2D eigenvalue weighted by Gasteiger charge is 2.27. The van der Waals surface area contributed by atoms with Crippen LogP contribution in [0.25, 0.3) is 0 Å². The van der Waals surface area contributed by atoms with Crippen LogP contribution in [0, 0.1) is 0 Å². The van der Waals surface area contributed by atoms with E-state index in [1.807, 2.05) is 0 Å². The summed E-state index contributed by atoms with van der Waals surface area (Å²) in [6.07, 6.45) is 3.61. The Morgan fingerprint density at radius 1 is 1.50 bits per heavy atom. The minimum Gasteiger partial charge on any atom is -0.365 e. The van der Waals surface area contributed by atoms with Gasteiger partial charge >= 0.3 is 0 Å². The minimum atomic E-state index is 0.160. The summed E-state index contributed by atoms with van der Waals surface area (Å²) in [7, 11) is 0. The molecule has 4 heteroatoms. The van der Waals surface area contributed by atoms with E-state index in [4.69, 9.17) is 4.74 Å². The van der Waals surface area contributed by atoms with Gasteiger partial charge in [-0.15, -0.1) is 0 Å². The highest BCUT2D eigenvalue weighted by Crippen LogP contribution is 2.26. The molecule has 0 spiro atoms. The van der Waals surface area contributed by atoms with Crippen LogP contribution >= 0.6 is 15.9 Å². The van der Waals surface area contributed by atoms with Crippen molar-refractivity contribution in [3.05, 3.63) is 22.7 Å². The van der Waals surface area contributed by atoms with Crippen LogP contribution in [0.1, 0.15) is 11.9 Å². The van der Waals surface area contributed by atoms with Crippen molar-refractivity contribution in [2.24, 2.45) is 0 Å². The Morgan fingerprint density at radius 3 is 2.60 bits per heavy atom. The van der Waals surface area contributed by atoms with Gasteiger partial charge in [0.15, 0.2) is 5.82 Å². The van der Waals surface area contributed by atoms with E-state index in [-0.39, 0.29) is 6.10 Å². The van der Waals surface area contributed by atoms with Gasteiger partial charge in [-0.2, -0.15) is 0 Å². The van der Waals surface area contributed by atoms with E-state index in [1.54, 1.807) is 12.4 Å². The molecule has 0 amide bonds. The zero-order chi connectivity index (χ0) is 6.97. The molecule has 1 aromatic rings. The lowest BCUT2D eigenvalue weighted by atomic mass is 10.4. The van der Waals surface area contributed by atoms with Gasteiger partial charge in [0.1, 0.15) is 6.10 Å². The molecule has 0 bridgehead atoms.